The highest BCUT2D eigenvalue weighted by Gasteiger charge is 2.12. The van der Waals surface area contributed by atoms with E-state index in [1.165, 1.54) is 5.56 Å². The Bertz CT molecular complexity index is 978. The maximum Gasteiger partial charge on any atom is 0.273 e. The van der Waals surface area contributed by atoms with Crippen LogP contribution < -0.4 is 10.7 Å². The van der Waals surface area contributed by atoms with Crippen LogP contribution in [0.2, 0.25) is 0 Å². The number of anilines is 2. The molecule has 2 N–H and O–H groups in total. The third kappa shape index (κ3) is 4.42. The third-order valence-corrected chi connectivity index (χ3v) is 4.56. The van der Waals surface area contributed by atoms with Gasteiger partial charge in [-0.15, -0.1) is 0 Å². The van der Waals surface area contributed by atoms with Crippen LogP contribution in [0.4, 0.5) is 11.4 Å². The lowest BCUT2D eigenvalue weighted by molar-refractivity contribution is 0.0955. The number of para-hydroxylation sites is 1. The minimum Gasteiger partial charge on any atom is -0.355 e. The lowest BCUT2D eigenvalue weighted by Gasteiger charge is -2.14. The fraction of sp³-hybridized carbons (Fsp3) is 0.130. The van der Waals surface area contributed by atoms with Crippen molar-refractivity contribution in [1.82, 2.24) is 5.43 Å². The van der Waals surface area contributed by atoms with Crippen molar-refractivity contribution in [3.05, 3.63) is 95.1 Å². The molecule has 0 saturated carbocycles. The molecule has 3 aromatic carbocycles. The van der Waals surface area contributed by atoms with Crippen LogP contribution in [0.15, 0.2) is 77.9 Å². The third-order valence-electron chi connectivity index (χ3n) is 4.56. The molecule has 3 rings (SSSR count). The van der Waals surface area contributed by atoms with Gasteiger partial charge in [0, 0.05) is 5.69 Å². The van der Waals surface area contributed by atoms with E-state index in [-0.39, 0.29) is 5.91 Å². The van der Waals surface area contributed by atoms with Gasteiger partial charge in [-0.25, -0.2) is 5.43 Å². The number of hydrazone groups is 1. The second-order valence-corrected chi connectivity index (χ2v) is 6.42. The highest BCUT2D eigenvalue weighted by Crippen LogP contribution is 2.25. The summed E-state index contributed by atoms with van der Waals surface area (Å²) in [5, 5.41) is 7.61. The highest BCUT2D eigenvalue weighted by atomic mass is 16.2. The minimum atomic E-state index is -0.251. The SMILES string of the molecule is C/C(=N\NC(=O)c1ccccc1Nc1cccc(C)c1C)c1ccccc1. The Labute approximate surface area is 159 Å². The van der Waals surface area contributed by atoms with Crippen molar-refractivity contribution in [3.63, 3.8) is 0 Å². The minimum absolute atomic E-state index is 0.251. The summed E-state index contributed by atoms with van der Waals surface area (Å²) in [5.74, 6) is -0.251. The zero-order valence-electron chi connectivity index (χ0n) is 15.8. The van der Waals surface area contributed by atoms with Gasteiger partial charge in [-0.2, -0.15) is 5.10 Å². The van der Waals surface area contributed by atoms with E-state index in [9.17, 15) is 4.79 Å². The number of hydrogen-bond acceptors (Lipinski definition) is 3. The molecule has 27 heavy (non-hydrogen) atoms. The second kappa shape index (κ2) is 8.32. The fourth-order valence-electron chi connectivity index (χ4n) is 2.76. The standard InChI is InChI=1S/C23H23N3O/c1-16-10-9-15-21(17(16)2)24-22-14-8-7-13-20(22)23(27)26-25-18(3)19-11-5-4-6-12-19/h4-15,24H,1-3H3,(H,26,27)/b25-18+. The molecule has 0 saturated heterocycles. The van der Waals surface area contributed by atoms with E-state index in [1.807, 2.05) is 67.6 Å². The van der Waals surface area contributed by atoms with Gasteiger partial charge in [0.2, 0.25) is 0 Å². The average molecular weight is 357 g/mol. The van der Waals surface area contributed by atoms with Gasteiger partial charge in [0.15, 0.2) is 0 Å². The predicted octanol–water partition coefficient (Wildman–Crippen LogP) is 5.20. The number of carbonyl (C=O) groups is 1. The fourth-order valence-corrected chi connectivity index (χ4v) is 2.76. The molecule has 0 bridgehead atoms. The number of nitrogens with one attached hydrogen (secondary N) is 2. The van der Waals surface area contributed by atoms with Gasteiger partial charge in [-0.1, -0.05) is 54.6 Å². The van der Waals surface area contributed by atoms with Crippen LogP contribution in [0.3, 0.4) is 0 Å². The summed E-state index contributed by atoms with van der Waals surface area (Å²) in [6.07, 6.45) is 0. The summed E-state index contributed by atoms with van der Waals surface area (Å²) in [6.45, 7) is 6.00. The molecule has 0 aromatic heterocycles. The molecule has 4 nitrogen and oxygen atoms in total. The molecule has 136 valence electrons. The Hall–Kier alpha value is -3.40. The molecule has 0 aliphatic heterocycles. The van der Waals surface area contributed by atoms with E-state index >= 15 is 0 Å². The van der Waals surface area contributed by atoms with Crippen LogP contribution in [0.25, 0.3) is 0 Å². The zero-order chi connectivity index (χ0) is 19.2. The molecule has 0 aliphatic carbocycles. The Morgan fingerprint density at radius 2 is 1.48 bits per heavy atom. The first-order valence-electron chi connectivity index (χ1n) is 8.88. The van der Waals surface area contributed by atoms with Gasteiger partial charge in [-0.05, 0) is 55.7 Å². The van der Waals surface area contributed by atoms with Gasteiger partial charge in [-0.3, -0.25) is 4.79 Å². The van der Waals surface area contributed by atoms with Crippen molar-refractivity contribution in [2.75, 3.05) is 5.32 Å². The lowest BCUT2D eigenvalue weighted by Crippen LogP contribution is -2.20. The molecule has 0 fully saturated rings. The van der Waals surface area contributed by atoms with E-state index in [0.717, 1.165) is 28.2 Å². The summed E-state index contributed by atoms with van der Waals surface area (Å²) >= 11 is 0. The van der Waals surface area contributed by atoms with E-state index in [1.54, 1.807) is 6.07 Å². The highest BCUT2D eigenvalue weighted by molar-refractivity contribution is 6.03. The van der Waals surface area contributed by atoms with Crippen molar-refractivity contribution in [3.8, 4) is 0 Å². The van der Waals surface area contributed by atoms with Crippen LogP contribution >= 0.6 is 0 Å². The Kier molecular flexibility index (Phi) is 5.67. The normalized spacial score (nSPS) is 11.1. The largest absolute Gasteiger partial charge is 0.355 e. The Morgan fingerprint density at radius 3 is 2.26 bits per heavy atom. The number of aryl methyl sites for hydroxylation is 1. The Morgan fingerprint density at radius 1 is 0.815 bits per heavy atom. The van der Waals surface area contributed by atoms with E-state index in [4.69, 9.17) is 0 Å². The molecule has 0 atom stereocenters. The van der Waals surface area contributed by atoms with Gasteiger partial charge >= 0.3 is 0 Å². The summed E-state index contributed by atoms with van der Waals surface area (Å²) in [5.41, 5.74) is 9.02. The number of amides is 1. The van der Waals surface area contributed by atoms with Gasteiger partial charge in [0.25, 0.3) is 5.91 Å². The van der Waals surface area contributed by atoms with Crippen molar-refractivity contribution in [2.24, 2.45) is 5.10 Å². The first-order chi connectivity index (χ1) is 13.1. The van der Waals surface area contributed by atoms with Gasteiger partial charge < -0.3 is 5.32 Å². The van der Waals surface area contributed by atoms with Crippen LogP contribution in [0, 0.1) is 13.8 Å². The molecular weight excluding hydrogens is 334 g/mol. The van der Waals surface area contributed by atoms with Gasteiger partial charge in [0.05, 0.1) is 17.0 Å². The lowest BCUT2D eigenvalue weighted by atomic mass is 10.1. The summed E-state index contributed by atoms with van der Waals surface area (Å²) in [4.78, 5) is 12.7. The molecular formula is C23H23N3O. The molecule has 0 unspecified atom stereocenters. The molecule has 0 radical (unpaired) electrons. The first-order valence-corrected chi connectivity index (χ1v) is 8.88. The molecule has 0 aliphatic rings. The topological polar surface area (TPSA) is 53.5 Å². The molecule has 0 heterocycles. The quantitative estimate of drug-likeness (QED) is 0.487. The summed E-state index contributed by atoms with van der Waals surface area (Å²) < 4.78 is 0. The van der Waals surface area contributed by atoms with E-state index in [2.05, 4.69) is 35.8 Å². The Balaban J connectivity index is 1.81. The van der Waals surface area contributed by atoms with Crippen LogP contribution in [0.1, 0.15) is 34.0 Å². The summed E-state index contributed by atoms with van der Waals surface area (Å²) in [6, 6.07) is 23.3. The first kappa shape index (κ1) is 18.4. The molecule has 3 aromatic rings. The number of benzene rings is 3. The molecule has 4 heteroatoms. The van der Waals surface area contributed by atoms with Gasteiger partial charge in [0.1, 0.15) is 0 Å². The maximum atomic E-state index is 12.7. The maximum absolute atomic E-state index is 12.7. The average Bonchev–Trinajstić information content (AvgIpc) is 2.70. The van der Waals surface area contributed by atoms with E-state index < -0.39 is 0 Å². The second-order valence-electron chi connectivity index (χ2n) is 6.42. The summed E-state index contributed by atoms with van der Waals surface area (Å²) in [7, 11) is 0. The van der Waals surface area contributed by atoms with Crippen LogP contribution in [-0.4, -0.2) is 11.6 Å². The molecule has 1 amide bonds. The monoisotopic (exact) mass is 357 g/mol. The number of carbonyl (C=O) groups excluding carboxylic acids is 1. The smallest absolute Gasteiger partial charge is 0.273 e. The van der Waals surface area contributed by atoms with Crippen molar-refractivity contribution >= 4 is 23.0 Å². The number of hydrogen-bond donors (Lipinski definition) is 2. The van der Waals surface area contributed by atoms with Crippen molar-refractivity contribution in [2.45, 2.75) is 20.8 Å². The molecule has 0 spiro atoms. The predicted molar refractivity (Wildman–Crippen MR) is 112 cm³/mol. The zero-order valence-corrected chi connectivity index (χ0v) is 15.8. The number of rotatable bonds is 5. The number of nitrogens with zero attached hydrogens (tertiary/aromatic N) is 1. The van der Waals surface area contributed by atoms with Crippen LogP contribution in [-0.2, 0) is 0 Å². The van der Waals surface area contributed by atoms with Crippen molar-refractivity contribution in [1.29, 1.82) is 0 Å². The van der Waals surface area contributed by atoms with E-state index in [0.29, 0.717) is 5.56 Å². The van der Waals surface area contributed by atoms with Crippen molar-refractivity contribution < 1.29 is 4.79 Å². The van der Waals surface area contributed by atoms with Crippen LogP contribution in [0.5, 0.6) is 0 Å².